The van der Waals surface area contributed by atoms with Crippen molar-refractivity contribution in [1.82, 2.24) is 14.9 Å². The van der Waals surface area contributed by atoms with Crippen molar-refractivity contribution in [2.45, 2.75) is 25.0 Å². The zero-order valence-corrected chi connectivity index (χ0v) is 13.6. The van der Waals surface area contributed by atoms with Gasteiger partial charge in [0.15, 0.2) is 0 Å². The Balaban J connectivity index is 1.48. The Hall–Kier alpha value is -2.87. The average Bonchev–Trinajstić information content (AvgIpc) is 3.11. The predicted octanol–water partition coefficient (Wildman–Crippen LogP) is 0.919. The topological polar surface area (TPSA) is 128 Å². The number of benzene rings is 1. The van der Waals surface area contributed by atoms with Crippen molar-refractivity contribution in [2.75, 3.05) is 24.6 Å². The molecular formula is C17H19N5O3. The fraction of sp³-hybridized carbons (Fsp3) is 0.353. The highest BCUT2D eigenvalue weighted by atomic mass is 16.5. The van der Waals surface area contributed by atoms with Gasteiger partial charge in [-0.3, -0.25) is 4.90 Å². The van der Waals surface area contributed by atoms with Crippen LogP contribution in [0.2, 0.25) is 0 Å². The lowest BCUT2D eigenvalue weighted by Gasteiger charge is -2.23. The zero-order valence-electron chi connectivity index (χ0n) is 13.6. The lowest BCUT2D eigenvalue weighted by atomic mass is 9.97. The first-order valence-corrected chi connectivity index (χ1v) is 8.10. The summed E-state index contributed by atoms with van der Waals surface area (Å²) in [4.78, 5) is 21.5. The standard InChI is InChI=1S/C17H19N5O3/c18-13-12-7-17(25-14(12)21-16(19)20-13)4-5-22(9-17)8-10-2-1-3-11(6-10)15(23)24/h1-3,6H,4-5,7-9H2,(H,23,24)(H4,18,19,20,21)/t17-/m0/s1. The minimum absolute atomic E-state index is 0.119. The summed E-state index contributed by atoms with van der Waals surface area (Å²) < 4.78 is 6.10. The molecule has 0 aliphatic carbocycles. The van der Waals surface area contributed by atoms with Crippen LogP contribution in [-0.2, 0) is 13.0 Å². The van der Waals surface area contributed by atoms with E-state index in [2.05, 4.69) is 14.9 Å². The van der Waals surface area contributed by atoms with Crippen molar-refractivity contribution in [3.8, 4) is 5.88 Å². The number of nitrogens with two attached hydrogens (primary N) is 2. The number of fused-ring (bicyclic) bond motifs is 1. The number of carboxylic acid groups (broad SMARTS) is 1. The molecule has 2 aliphatic rings. The Morgan fingerprint density at radius 2 is 2.20 bits per heavy atom. The summed E-state index contributed by atoms with van der Waals surface area (Å²) >= 11 is 0. The summed E-state index contributed by atoms with van der Waals surface area (Å²) in [5.74, 6) is 0.0707. The number of likely N-dealkylation sites (tertiary alicyclic amines) is 1. The van der Waals surface area contributed by atoms with E-state index in [-0.39, 0.29) is 11.5 Å². The number of aromatic carboxylic acids is 1. The number of hydrogen-bond donors (Lipinski definition) is 3. The predicted molar refractivity (Wildman–Crippen MR) is 91.2 cm³/mol. The number of carboxylic acids is 1. The second-order valence-electron chi connectivity index (χ2n) is 6.68. The molecule has 3 heterocycles. The third-order valence-electron chi connectivity index (χ3n) is 4.81. The van der Waals surface area contributed by atoms with Crippen LogP contribution in [-0.4, -0.2) is 44.6 Å². The van der Waals surface area contributed by atoms with Crippen LogP contribution in [0.3, 0.4) is 0 Å². The maximum Gasteiger partial charge on any atom is 0.335 e. The Kier molecular flexibility index (Phi) is 3.50. The number of aromatic nitrogens is 2. The first kappa shape index (κ1) is 15.6. The number of nitrogen functional groups attached to an aromatic ring is 2. The van der Waals surface area contributed by atoms with E-state index < -0.39 is 5.97 Å². The summed E-state index contributed by atoms with van der Waals surface area (Å²) in [6.07, 6.45) is 1.52. The summed E-state index contributed by atoms with van der Waals surface area (Å²) in [6, 6.07) is 7.01. The minimum Gasteiger partial charge on any atom is -0.478 e. The number of nitrogens with zero attached hydrogens (tertiary/aromatic N) is 3. The third kappa shape index (κ3) is 2.85. The second-order valence-corrected chi connectivity index (χ2v) is 6.68. The molecule has 2 aliphatic heterocycles. The Bertz CT molecular complexity index is 856. The Morgan fingerprint density at radius 1 is 1.36 bits per heavy atom. The van der Waals surface area contributed by atoms with Gasteiger partial charge < -0.3 is 21.3 Å². The highest BCUT2D eigenvalue weighted by Gasteiger charge is 2.46. The van der Waals surface area contributed by atoms with E-state index in [4.69, 9.17) is 21.3 Å². The maximum absolute atomic E-state index is 11.1. The number of anilines is 2. The summed E-state index contributed by atoms with van der Waals surface area (Å²) in [6.45, 7) is 2.25. The largest absolute Gasteiger partial charge is 0.478 e. The van der Waals surface area contributed by atoms with Crippen LogP contribution >= 0.6 is 0 Å². The second kappa shape index (κ2) is 5.59. The van der Waals surface area contributed by atoms with Gasteiger partial charge >= 0.3 is 5.97 Å². The molecule has 4 rings (SSSR count). The molecular weight excluding hydrogens is 322 g/mol. The van der Waals surface area contributed by atoms with Crippen LogP contribution in [0, 0.1) is 0 Å². The summed E-state index contributed by atoms with van der Waals surface area (Å²) in [5.41, 5.74) is 13.3. The molecule has 0 bridgehead atoms. The van der Waals surface area contributed by atoms with Gasteiger partial charge in [0.1, 0.15) is 11.4 Å². The molecule has 0 amide bonds. The van der Waals surface area contributed by atoms with Crippen molar-refractivity contribution in [3.05, 3.63) is 41.0 Å². The van der Waals surface area contributed by atoms with Crippen LogP contribution in [0.25, 0.3) is 0 Å². The van der Waals surface area contributed by atoms with Gasteiger partial charge in [0, 0.05) is 32.5 Å². The van der Waals surface area contributed by atoms with Crippen LogP contribution in [0.1, 0.15) is 27.9 Å². The molecule has 1 aromatic heterocycles. The number of carbonyl (C=O) groups is 1. The van der Waals surface area contributed by atoms with Gasteiger partial charge in [0.2, 0.25) is 11.8 Å². The van der Waals surface area contributed by atoms with Gasteiger partial charge in [0.05, 0.1) is 11.1 Å². The van der Waals surface area contributed by atoms with Crippen molar-refractivity contribution in [3.63, 3.8) is 0 Å². The van der Waals surface area contributed by atoms with E-state index in [1.165, 1.54) is 0 Å². The average molecular weight is 341 g/mol. The lowest BCUT2D eigenvalue weighted by molar-refractivity contribution is 0.0696. The fourth-order valence-electron chi connectivity index (χ4n) is 3.66. The molecule has 25 heavy (non-hydrogen) atoms. The number of hydrogen-bond acceptors (Lipinski definition) is 7. The van der Waals surface area contributed by atoms with Crippen molar-refractivity contribution in [2.24, 2.45) is 0 Å². The zero-order chi connectivity index (χ0) is 17.6. The molecule has 0 saturated carbocycles. The van der Waals surface area contributed by atoms with Gasteiger partial charge in [-0.15, -0.1) is 0 Å². The maximum atomic E-state index is 11.1. The molecule has 1 saturated heterocycles. The molecule has 1 aromatic carbocycles. The van der Waals surface area contributed by atoms with Crippen molar-refractivity contribution in [1.29, 1.82) is 0 Å². The van der Waals surface area contributed by atoms with E-state index in [9.17, 15) is 4.79 Å². The van der Waals surface area contributed by atoms with Crippen molar-refractivity contribution < 1.29 is 14.6 Å². The van der Waals surface area contributed by atoms with Crippen molar-refractivity contribution >= 4 is 17.7 Å². The van der Waals surface area contributed by atoms with E-state index in [0.29, 0.717) is 30.2 Å². The molecule has 2 aromatic rings. The van der Waals surface area contributed by atoms with E-state index in [1.54, 1.807) is 18.2 Å². The normalized spacial score (nSPS) is 22.1. The van der Waals surface area contributed by atoms with Crippen LogP contribution in [0.4, 0.5) is 11.8 Å². The smallest absolute Gasteiger partial charge is 0.335 e. The molecule has 1 fully saturated rings. The Labute approximate surface area is 144 Å². The minimum atomic E-state index is -0.916. The van der Waals surface area contributed by atoms with Gasteiger partial charge in [-0.25, -0.2) is 4.79 Å². The monoisotopic (exact) mass is 341 g/mol. The first-order valence-electron chi connectivity index (χ1n) is 8.10. The fourth-order valence-corrected chi connectivity index (χ4v) is 3.66. The highest BCUT2D eigenvalue weighted by Crippen LogP contribution is 2.41. The van der Waals surface area contributed by atoms with Crippen LogP contribution < -0.4 is 16.2 Å². The summed E-state index contributed by atoms with van der Waals surface area (Å²) in [7, 11) is 0. The SMILES string of the molecule is Nc1nc(N)c2c(n1)O[C@@]1(CCN(Cc3cccc(C(=O)O)c3)C1)C2. The third-order valence-corrected chi connectivity index (χ3v) is 4.81. The quantitative estimate of drug-likeness (QED) is 0.752. The molecule has 130 valence electrons. The van der Waals surface area contributed by atoms with Gasteiger partial charge in [-0.1, -0.05) is 12.1 Å². The molecule has 8 nitrogen and oxygen atoms in total. The van der Waals surface area contributed by atoms with Gasteiger partial charge in [-0.05, 0) is 17.7 Å². The molecule has 1 spiro atoms. The summed E-state index contributed by atoms with van der Waals surface area (Å²) in [5, 5.41) is 9.12. The van der Waals surface area contributed by atoms with E-state index in [1.807, 2.05) is 6.07 Å². The Morgan fingerprint density at radius 3 is 3.00 bits per heavy atom. The number of ether oxygens (including phenoxy) is 1. The highest BCUT2D eigenvalue weighted by molar-refractivity contribution is 5.87. The first-order chi connectivity index (χ1) is 11.9. The van der Waals surface area contributed by atoms with Crippen LogP contribution in [0.5, 0.6) is 5.88 Å². The molecule has 0 unspecified atom stereocenters. The van der Waals surface area contributed by atoms with Gasteiger partial charge in [-0.2, -0.15) is 9.97 Å². The molecule has 1 atom stereocenters. The number of rotatable bonds is 3. The van der Waals surface area contributed by atoms with E-state index >= 15 is 0 Å². The van der Waals surface area contributed by atoms with Gasteiger partial charge in [0.25, 0.3) is 0 Å². The molecule has 8 heteroatoms. The molecule has 0 radical (unpaired) electrons. The van der Waals surface area contributed by atoms with E-state index in [0.717, 1.165) is 30.6 Å². The molecule has 5 N–H and O–H groups in total. The lowest BCUT2D eigenvalue weighted by Crippen LogP contribution is -2.37. The van der Waals surface area contributed by atoms with Crippen LogP contribution in [0.15, 0.2) is 24.3 Å².